The molecule has 0 N–H and O–H groups in total. The van der Waals surface area contributed by atoms with Crippen molar-refractivity contribution in [3.8, 4) is 0 Å². The molecule has 0 unspecified atom stereocenters. The van der Waals surface area contributed by atoms with Gasteiger partial charge in [-0.2, -0.15) is 0 Å². The van der Waals surface area contributed by atoms with Crippen molar-refractivity contribution in [2.75, 3.05) is 7.11 Å². The number of carbonyl (C=O) groups is 1. The van der Waals surface area contributed by atoms with Gasteiger partial charge in [0.1, 0.15) is 0 Å². The largest absolute Gasteiger partial charge is 0.469 e. The molecular formula is C7H9ClO2. The summed E-state index contributed by atoms with van der Waals surface area (Å²) in [5.41, 5.74) is -0.156. The van der Waals surface area contributed by atoms with Crippen LogP contribution in [0.15, 0.2) is 0 Å². The molecule has 56 valence electrons. The summed E-state index contributed by atoms with van der Waals surface area (Å²) >= 11 is 5.95. The molecule has 0 radical (unpaired) electrons. The number of hydrogen-bond acceptors (Lipinski definition) is 2. The summed E-state index contributed by atoms with van der Waals surface area (Å²) in [6, 6.07) is 0. The van der Waals surface area contributed by atoms with Gasteiger partial charge in [-0.3, -0.25) is 4.79 Å². The van der Waals surface area contributed by atoms with E-state index in [1.165, 1.54) is 7.11 Å². The summed E-state index contributed by atoms with van der Waals surface area (Å²) in [4.78, 5) is 11.0. The fourth-order valence-electron chi connectivity index (χ4n) is 2.10. The molecule has 0 atom stereocenters. The van der Waals surface area contributed by atoms with Gasteiger partial charge in [0, 0.05) is 4.87 Å². The van der Waals surface area contributed by atoms with Crippen molar-refractivity contribution in [3.05, 3.63) is 0 Å². The van der Waals surface area contributed by atoms with Crippen molar-refractivity contribution in [1.82, 2.24) is 0 Å². The van der Waals surface area contributed by atoms with Crippen LogP contribution in [0.4, 0.5) is 0 Å². The monoisotopic (exact) mass is 160 g/mol. The third-order valence-electron chi connectivity index (χ3n) is 2.58. The predicted octanol–water partition coefficient (Wildman–Crippen LogP) is 1.32. The molecule has 0 saturated heterocycles. The minimum Gasteiger partial charge on any atom is -0.469 e. The summed E-state index contributed by atoms with van der Waals surface area (Å²) in [5.74, 6) is -0.0741. The van der Waals surface area contributed by atoms with Crippen LogP contribution in [-0.2, 0) is 9.53 Å². The molecule has 2 nitrogen and oxygen atoms in total. The molecular weight excluding hydrogens is 152 g/mol. The molecule has 0 aliphatic heterocycles. The van der Waals surface area contributed by atoms with E-state index in [0.717, 1.165) is 19.3 Å². The van der Waals surface area contributed by atoms with E-state index < -0.39 is 0 Å². The second kappa shape index (κ2) is 1.50. The van der Waals surface area contributed by atoms with Gasteiger partial charge in [0.05, 0.1) is 12.5 Å². The Kier molecular flexibility index (Phi) is 0.970. The zero-order valence-corrected chi connectivity index (χ0v) is 6.57. The van der Waals surface area contributed by atoms with Crippen LogP contribution in [-0.4, -0.2) is 18.0 Å². The van der Waals surface area contributed by atoms with E-state index in [1.54, 1.807) is 0 Å². The smallest absolute Gasteiger partial charge is 0.311 e. The van der Waals surface area contributed by atoms with E-state index in [1.807, 2.05) is 0 Å². The first kappa shape index (κ1) is 6.47. The van der Waals surface area contributed by atoms with Gasteiger partial charge >= 0.3 is 5.97 Å². The molecule has 0 aromatic carbocycles. The molecule has 0 aromatic rings. The lowest BCUT2D eigenvalue weighted by Gasteiger charge is -2.65. The van der Waals surface area contributed by atoms with Crippen LogP contribution in [0.2, 0.25) is 0 Å². The topological polar surface area (TPSA) is 26.3 Å². The highest BCUT2D eigenvalue weighted by Gasteiger charge is 2.71. The predicted molar refractivity (Wildman–Crippen MR) is 36.9 cm³/mol. The number of ether oxygens (including phenoxy) is 1. The summed E-state index contributed by atoms with van der Waals surface area (Å²) in [6.45, 7) is 0. The first-order valence-corrected chi connectivity index (χ1v) is 3.75. The molecule has 0 heterocycles. The zero-order chi connectivity index (χ0) is 7.41. The van der Waals surface area contributed by atoms with Crippen LogP contribution in [0.1, 0.15) is 19.3 Å². The van der Waals surface area contributed by atoms with Crippen molar-refractivity contribution in [2.45, 2.75) is 24.1 Å². The van der Waals surface area contributed by atoms with Crippen LogP contribution < -0.4 is 0 Å². The second-order valence-corrected chi connectivity index (χ2v) is 4.25. The third kappa shape index (κ3) is 0.534. The maximum absolute atomic E-state index is 11.0. The first-order chi connectivity index (χ1) is 4.60. The van der Waals surface area contributed by atoms with E-state index in [0.29, 0.717) is 0 Å². The Bertz CT molecular complexity index is 180. The summed E-state index contributed by atoms with van der Waals surface area (Å²) in [5, 5.41) is 0. The lowest BCUT2D eigenvalue weighted by molar-refractivity contribution is -0.182. The molecule has 2 bridgehead atoms. The number of esters is 1. The van der Waals surface area contributed by atoms with Crippen LogP contribution in [0, 0.1) is 5.41 Å². The minimum atomic E-state index is -0.156. The maximum atomic E-state index is 11.0. The number of hydrogen-bond donors (Lipinski definition) is 0. The van der Waals surface area contributed by atoms with Crippen LogP contribution >= 0.6 is 11.6 Å². The van der Waals surface area contributed by atoms with Gasteiger partial charge in [0.15, 0.2) is 0 Å². The summed E-state index contributed by atoms with van der Waals surface area (Å²) in [7, 11) is 1.43. The quantitative estimate of drug-likeness (QED) is 0.427. The average Bonchev–Trinajstić information content (AvgIpc) is 1.77. The van der Waals surface area contributed by atoms with Crippen molar-refractivity contribution >= 4 is 17.6 Å². The van der Waals surface area contributed by atoms with Gasteiger partial charge < -0.3 is 4.74 Å². The van der Waals surface area contributed by atoms with Gasteiger partial charge in [-0.25, -0.2) is 0 Å². The van der Waals surface area contributed by atoms with Crippen LogP contribution in [0.5, 0.6) is 0 Å². The molecule has 0 spiro atoms. The van der Waals surface area contributed by atoms with Gasteiger partial charge in [0.2, 0.25) is 0 Å². The average molecular weight is 161 g/mol. The maximum Gasteiger partial charge on any atom is 0.311 e. The first-order valence-electron chi connectivity index (χ1n) is 3.38. The molecule has 0 amide bonds. The molecule has 3 heteroatoms. The van der Waals surface area contributed by atoms with Crippen molar-refractivity contribution in [2.24, 2.45) is 5.41 Å². The number of carbonyl (C=O) groups excluding carboxylic acids is 1. The zero-order valence-electron chi connectivity index (χ0n) is 5.82. The Hall–Kier alpha value is -0.240. The van der Waals surface area contributed by atoms with Gasteiger partial charge in [-0.1, -0.05) is 0 Å². The Balaban J connectivity index is 2.04. The highest BCUT2D eigenvalue weighted by atomic mass is 35.5. The number of methoxy groups -OCH3 is 1. The van der Waals surface area contributed by atoms with E-state index in [4.69, 9.17) is 11.6 Å². The van der Waals surface area contributed by atoms with Crippen molar-refractivity contribution in [1.29, 1.82) is 0 Å². The third-order valence-corrected chi connectivity index (χ3v) is 2.98. The second-order valence-electron chi connectivity index (χ2n) is 3.45. The number of alkyl halides is 1. The van der Waals surface area contributed by atoms with Gasteiger partial charge in [-0.15, -0.1) is 11.6 Å². The Morgan fingerprint density at radius 1 is 1.50 bits per heavy atom. The Labute approximate surface area is 64.5 Å². The number of rotatable bonds is 1. The van der Waals surface area contributed by atoms with Gasteiger partial charge in [-0.05, 0) is 19.3 Å². The lowest BCUT2D eigenvalue weighted by atomic mass is 9.44. The fraction of sp³-hybridized carbons (Fsp3) is 0.857. The molecule has 3 aliphatic carbocycles. The number of halogens is 1. The van der Waals surface area contributed by atoms with Crippen LogP contribution in [0.3, 0.4) is 0 Å². The molecule has 3 aliphatic rings. The molecule has 10 heavy (non-hydrogen) atoms. The molecule has 3 rings (SSSR count). The van der Waals surface area contributed by atoms with Crippen LogP contribution in [0.25, 0.3) is 0 Å². The highest BCUT2D eigenvalue weighted by Crippen LogP contribution is 2.71. The molecule has 3 fully saturated rings. The molecule has 3 saturated carbocycles. The van der Waals surface area contributed by atoms with Gasteiger partial charge in [0.25, 0.3) is 0 Å². The molecule has 0 aromatic heterocycles. The SMILES string of the molecule is COC(=O)C12CC(Cl)(C1)C2. The summed E-state index contributed by atoms with van der Waals surface area (Å²) in [6.07, 6.45) is 2.48. The fourth-order valence-corrected chi connectivity index (χ4v) is 2.86. The normalized spacial score (nSPS) is 49.0. The van der Waals surface area contributed by atoms with E-state index >= 15 is 0 Å². The minimum absolute atomic E-state index is 0.0197. The Morgan fingerprint density at radius 2 is 2.00 bits per heavy atom. The van der Waals surface area contributed by atoms with Crippen molar-refractivity contribution < 1.29 is 9.53 Å². The highest BCUT2D eigenvalue weighted by molar-refractivity contribution is 6.27. The Morgan fingerprint density at radius 3 is 2.30 bits per heavy atom. The van der Waals surface area contributed by atoms with E-state index in [9.17, 15) is 4.79 Å². The summed E-state index contributed by atoms with van der Waals surface area (Å²) < 4.78 is 4.64. The standard InChI is InChI=1S/C7H9ClO2/c1-10-5(9)6-2-7(8,3-6)4-6/h2-4H2,1H3. The lowest BCUT2D eigenvalue weighted by Crippen LogP contribution is -2.67. The van der Waals surface area contributed by atoms with Crippen molar-refractivity contribution in [3.63, 3.8) is 0 Å². The van der Waals surface area contributed by atoms with E-state index in [2.05, 4.69) is 4.74 Å². The van der Waals surface area contributed by atoms with E-state index in [-0.39, 0.29) is 16.3 Å².